The number of hydrogen-bond acceptors (Lipinski definition) is 9. The van der Waals surface area contributed by atoms with Crippen molar-refractivity contribution in [3.8, 4) is 0 Å². The van der Waals surface area contributed by atoms with E-state index in [9.17, 15) is 9.36 Å². The first-order valence-corrected chi connectivity index (χ1v) is 12.8. The maximum atomic E-state index is 13.5. The Balaban J connectivity index is 1.88. The molecule has 176 valence electrons. The molecule has 0 N–H and O–H groups in total. The smallest absolute Gasteiger partial charge is 0.345 e. The van der Waals surface area contributed by atoms with Gasteiger partial charge < -0.3 is 18.3 Å². The van der Waals surface area contributed by atoms with Crippen molar-refractivity contribution in [1.29, 1.82) is 0 Å². The molecular formula is C22H31N2O6PS. The number of aromatic nitrogens is 2. The van der Waals surface area contributed by atoms with E-state index in [4.69, 9.17) is 18.3 Å². The average Bonchev–Trinajstić information content (AvgIpc) is 3.36. The maximum Gasteiger partial charge on any atom is 0.345 e. The third kappa shape index (κ3) is 5.63. The van der Waals surface area contributed by atoms with Crippen molar-refractivity contribution in [2.24, 2.45) is 0 Å². The molecule has 10 heteroatoms. The molecule has 1 unspecified atom stereocenters. The zero-order valence-electron chi connectivity index (χ0n) is 19.2. The molecule has 0 radical (unpaired) electrons. The third-order valence-electron chi connectivity index (χ3n) is 5.11. The Morgan fingerprint density at radius 2 is 1.78 bits per heavy atom. The quantitative estimate of drug-likeness (QED) is 0.288. The predicted molar refractivity (Wildman–Crippen MR) is 122 cm³/mol. The second-order valence-corrected chi connectivity index (χ2v) is 11.5. The van der Waals surface area contributed by atoms with Crippen LogP contribution in [0.5, 0.6) is 0 Å². The van der Waals surface area contributed by atoms with Gasteiger partial charge in [0.2, 0.25) is 5.89 Å². The molecule has 1 atom stereocenters. The number of ether oxygens (including phenoxy) is 1. The van der Waals surface area contributed by atoms with Gasteiger partial charge in [-0.05, 0) is 65.2 Å². The molecule has 0 saturated heterocycles. The van der Waals surface area contributed by atoms with Gasteiger partial charge in [-0.3, -0.25) is 9.36 Å². The lowest BCUT2D eigenvalue weighted by Gasteiger charge is -2.27. The minimum absolute atomic E-state index is 0.106. The summed E-state index contributed by atoms with van der Waals surface area (Å²) >= 11 is 4.34. The summed E-state index contributed by atoms with van der Waals surface area (Å²) in [7, 11) is -3.83. The fourth-order valence-corrected chi connectivity index (χ4v) is 5.51. The first-order valence-electron chi connectivity index (χ1n) is 10.8. The summed E-state index contributed by atoms with van der Waals surface area (Å²) in [6, 6.07) is 7.87. The maximum absolute atomic E-state index is 13.5. The summed E-state index contributed by atoms with van der Waals surface area (Å²) in [6.45, 7) is 8.85. The van der Waals surface area contributed by atoms with Crippen molar-refractivity contribution in [1.82, 2.24) is 10.1 Å². The molecular weight excluding hydrogens is 451 g/mol. The number of rotatable bonds is 10. The van der Waals surface area contributed by atoms with Gasteiger partial charge in [0.15, 0.2) is 11.5 Å². The number of esters is 1. The van der Waals surface area contributed by atoms with Gasteiger partial charge in [-0.1, -0.05) is 17.3 Å². The Bertz CT molecular complexity index is 971. The zero-order chi connectivity index (χ0) is 23.6. The number of nitrogens with zero attached hydrogens (tertiary/aromatic N) is 2. The molecule has 1 fully saturated rings. The van der Waals surface area contributed by atoms with E-state index in [0.717, 1.165) is 23.3 Å². The number of carbonyl (C=O) groups is 1. The van der Waals surface area contributed by atoms with Crippen molar-refractivity contribution >= 4 is 26.2 Å². The summed E-state index contributed by atoms with van der Waals surface area (Å²) in [4.78, 5) is 18.4. The molecule has 8 nitrogen and oxygen atoms in total. The number of carbonyl (C=O) groups excluding carboxylic acids is 1. The van der Waals surface area contributed by atoms with Crippen LogP contribution in [0.2, 0.25) is 0 Å². The summed E-state index contributed by atoms with van der Waals surface area (Å²) in [6.07, 6.45) is 1.68. The van der Waals surface area contributed by atoms with Gasteiger partial charge in [-0.25, -0.2) is 0 Å². The minimum Gasteiger partial charge on any atom is -0.459 e. The van der Waals surface area contributed by atoms with Gasteiger partial charge in [-0.15, -0.1) is 12.6 Å². The van der Waals surface area contributed by atoms with Crippen LogP contribution in [0.3, 0.4) is 0 Å². The molecule has 1 heterocycles. The van der Waals surface area contributed by atoms with Crippen LogP contribution in [0, 0.1) is 0 Å². The number of hydrogen-bond donors (Lipinski definition) is 1. The van der Waals surface area contributed by atoms with E-state index < -0.39 is 24.8 Å². The second kappa shape index (κ2) is 9.67. The Hall–Kier alpha value is -1.67. The van der Waals surface area contributed by atoms with Crippen LogP contribution in [0.1, 0.15) is 64.7 Å². The Labute approximate surface area is 194 Å². The van der Waals surface area contributed by atoms with Crippen LogP contribution in [0.4, 0.5) is 0 Å². The SMILES string of the molecule is CCOP(=O)(OCC)C(Cc1nc(C2(c3ccc(S)cc3)CC2)no1)C(=O)OC(C)(C)C. The number of benzene rings is 1. The molecule has 1 aromatic carbocycles. The summed E-state index contributed by atoms with van der Waals surface area (Å²) in [5.74, 6) is 0.0468. The van der Waals surface area contributed by atoms with E-state index in [2.05, 4.69) is 22.8 Å². The summed E-state index contributed by atoms with van der Waals surface area (Å²) < 4.78 is 35.3. The lowest BCUT2D eigenvalue weighted by Crippen LogP contribution is -2.34. The van der Waals surface area contributed by atoms with Gasteiger partial charge in [-0.2, -0.15) is 4.98 Å². The first-order chi connectivity index (χ1) is 15.0. The largest absolute Gasteiger partial charge is 0.459 e. The Morgan fingerprint density at radius 1 is 1.19 bits per heavy atom. The van der Waals surface area contributed by atoms with E-state index in [1.165, 1.54) is 0 Å². The van der Waals surface area contributed by atoms with Crippen LogP contribution in [-0.2, 0) is 35.0 Å². The van der Waals surface area contributed by atoms with E-state index in [1.54, 1.807) is 34.6 Å². The predicted octanol–water partition coefficient (Wildman–Crippen LogP) is 4.96. The highest BCUT2D eigenvalue weighted by atomic mass is 32.1. The first kappa shape index (κ1) is 25.0. The van der Waals surface area contributed by atoms with Crippen molar-refractivity contribution in [2.75, 3.05) is 13.2 Å². The lowest BCUT2D eigenvalue weighted by molar-refractivity contribution is -0.154. The lowest BCUT2D eigenvalue weighted by atomic mass is 9.95. The van der Waals surface area contributed by atoms with Crippen LogP contribution in [-0.4, -0.2) is 40.6 Å². The van der Waals surface area contributed by atoms with Gasteiger partial charge >= 0.3 is 13.6 Å². The van der Waals surface area contributed by atoms with E-state index in [1.807, 2.05) is 24.3 Å². The van der Waals surface area contributed by atoms with Gasteiger partial charge in [0, 0.05) is 4.90 Å². The molecule has 0 aliphatic heterocycles. The van der Waals surface area contributed by atoms with Crippen molar-refractivity contribution in [3.05, 3.63) is 41.5 Å². The van der Waals surface area contributed by atoms with E-state index in [-0.39, 0.29) is 30.9 Å². The van der Waals surface area contributed by atoms with Crippen LogP contribution in [0.25, 0.3) is 0 Å². The molecule has 3 rings (SSSR count). The molecule has 32 heavy (non-hydrogen) atoms. The average molecular weight is 483 g/mol. The van der Waals surface area contributed by atoms with Crippen LogP contribution >= 0.6 is 20.2 Å². The minimum atomic E-state index is -3.83. The fraction of sp³-hybridized carbons (Fsp3) is 0.591. The highest BCUT2D eigenvalue weighted by Gasteiger charge is 2.51. The normalized spacial score (nSPS) is 16.6. The Morgan fingerprint density at radius 3 is 2.28 bits per heavy atom. The second-order valence-electron chi connectivity index (χ2n) is 8.77. The van der Waals surface area contributed by atoms with Crippen molar-refractivity contribution in [3.63, 3.8) is 0 Å². The standard InChI is InChI=1S/C22H31N2O6PS/c1-6-27-31(26,28-7-2)17(19(25)29-21(3,4)5)14-18-23-20(24-30-18)22(12-13-22)15-8-10-16(32)11-9-15/h8-11,17,32H,6-7,12-14H2,1-5H3. The van der Waals surface area contributed by atoms with Crippen LogP contribution < -0.4 is 0 Å². The van der Waals surface area contributed by atoms with Crippen molar-refractivity contribution in [2.45, 2.75) is 75.5 Å². The van der Waals surface area contributed by atoms with Gasteiger partial charge in [0.25, 0.3) is 0 Å². The van der Waals surface area contributed by atoms with Crippen LogP contribution in [0.15, 0.2) is 33.7 Å². The molecule has 1 aromatic heterocycles. The third-order valence-corrected chi connectivity index (χ3v) is 7.80. The van der Waals surface area contributed by atoms with Gasteiger partial charge in [0.05, 0.1) is 25.0 Å². The molecule has 1 saturated carbocycles. The summed E-state index contributed by atoms with van der Waals surface area (Å²) in [5.41, 5.74) is -1.21. The molecule has 0 spiro atoms. The number of thiol groups is 1. The monoisotopic (exact) mass is 482 g/mol. The molecule has 1 aliphatic rings. The molecule has 0 amide bonds. The van der Waals surface area contributed by atoms with Gasteiger partial charge in [0.1, 0.15) is 5.60 Å². The van der Waals surface area contributed by atoms with Crippen molar-refractivity contribution < 1.29 is 27.7 Å². The molecule has 0 bridgehead atoms. The Kier molecular flexibility index (Phi) is 7.55. The molecule has 1 aliphatic carbocycles. The molecule has 2 aromatic rings. The van der Waals surface area contributed by atoms with E-state index >= 15 is 0 Å². The zero-order valence-corrected chi connectivity index (χ0v) is 20.9. The highest BCUT2D eigenvalue weighted by molar-refractivity contribution is 7.80. The van der Waals surface area contributed by atoms with E-state index in [0.29, 0.717) is 5.82 Å². The fourth-order valence-electron chi connectivity index (χ4n) is 3.52. The topological polar surface area (TPSA) is 101 Å². The highest BCUT2D eigenvalue weighted by Crippen LogP contribution is 2.55. The summed E-state index contributed by atoms with van der Waals surface area (Å²) in [5, 5.41) is 4.18.